The lowest BCUT2D eigenvalue weighted by molar-refractivity contribution is 0.0931. The van der Waals surface area contributed by atoms with Crippen molar-refractivity contribution in [3.63, 3.8) is 0 Å². The van der Waals surface area contributed by atoms with Gasteiger partial charge in [0.25, 0.3) is 15.9 Å². The molecule has 0 radical (unpaired) electrons. The first-order valence-electron chi connectivity index (χ1n) is 8.35. The molecule has 3 N–H and O–H groups in total. The Kier molecular flexibility index (Phi) is 7.49. The molecule has 0 unspecified atom stereocenters. The number of piperidine rings is 1. The zero-order chi connectivity index (χ0) is 18.6. The van der Waals surface area contributed by atoms with Gasteiger partial charge in [-0.2, -0.15) is 0 Å². The summed E-state index contributed by atoms with van der Waals surface area (Å²) >= 11 is 6.02. The van der Waals surface area contributed by atoms with Gasteiger partial charge in [0.15, 0.2) is 0 Å². The third-order valence-corrected chi connectivity index (χ3v) is 5.77. The van der Waals surface area contributed by atoms with Crippen LogP contribution in [0.1, 0.15) is 23.2 Å². The SMILES string of the molecule is Cl.O=C(N[C@H]1CCCNC1)c1cc(Cl)ccc1NS(=O)(=O)c1ccccc1. The summed E-state index contributed by atoms with van der Waals surface area (Å²) in [5, 5.41) is 6.52. The molecule has 1 aliphatic rings. The van der Waals surface area contributed by atoms with E-state index in [1.165, 1.54) is 24.3 Å². The first-order chi connectivity index (χ1) is 12.5. The Hall–Kier alpha value is -1.80. The zero-order valence-electron chi connectivity index (χ0n) is 14.4. The molecule has 1 heterocycles. The van der Waals surface area contributed by atoms with Crippen molar-refractivity contribution in [2.24, 2.45) is 0 Å². The molecule has 1 aliphatic heterocycles. The Balaban J connectivity index is 0.00000261. The fourth-order valence-corrected chi connectivity index (χ4v) is 4.11. The van der Waals surface area contributed by atoms with Crippen molar-refractivity contribution in [3.8, 4) is 0 Å². The maximum absolute atomic E-state index is 12.7. The van der Waals surface area contributed by atoms with E-state index >= 15 is 0 Å². The summed E-state index contributed by atoms with van der Waals surface area (Å²) in [6.45, 7) is 1.63. The maximum atomic E-state index is 12.7. The first-order valence-corrected chi connectivity index (χ1v) is 10.2. The van der Waals surface area contributed by atoms with Gasteiger partial charge < -0.3 is 10.6 Å². The molecule has 0 saturated carbocycles. The highest BCUT2D eigenvalue weighted by atomic mass is 35.5. The molecule has 6 nitrogen and oxygen atoms in total. The van der Waals surface area contributed by atoms with Crippen LogP contribution < -0.4 is 15.4 Å². The van der Waals surface area contributed by atoms with Gasteiger partial charge in [0.2, 0.25) is 0 Å². The van der Waals surface area contributed by atoms with E-state index in [0.29, 0.717) is 11.6 Å². The highest BCUT2D eigenvalue weighted by Gasteiger charge is 2.21. The third-order valence-electron chi connectivity index (χ3n) is 4.16. The molecule has 9 heteroatoms. The molecule has 1 fully saturated rings. The van der Waals surface area contributed by atoms with Gasteiger partial charge in [-0.3, -0.25) is 9.52 Å². The lowest BCUT2D eigenvalue weighted by atomic mass is 10.1. The van der Waals surface area contributed by atoms with Crippen molar-refractivity contribution in [2.75, 3.05) is 17.8 Å². The predicted molar refractivity (Wildman–Crippen MR) is 109 cm³/mol. The van der Waals surface area contributed by atoms with Crippen molar-refractivity contribution in [1.82, 2.24) is 10.6 Å². The van der Waals surface area contributed by atoms with Crippen molar-refractivity contribution < 1.29 is 13.2 Å². The largest absolute Gasteiger partial charge is 0.348 e. The minimum atomic E-state index is -3.80. The Bertz CT molecular complexity index is 886. The summed E-state index contributed by atoms with van der Waals surface area (Å²) in [6, 6.07) is 12.5. The normalized spacial score (nSPS) is 16.9. The Labute approximate surface area is 170 Å². The molecular weight excluding hydrogens is 409 g/mol. The number of carbonyl (C=O) groups is 1. The molecule has 0 spiro atoms. The summed E-state index contributed by atoms with van der Waals surface area (Å²) in [5.41, 5.74) is 0.391. The predicted octanol–water partition coefficient (Wildman–Crippen LogP) is 3.04. The van der Waals surface area contributed by atoms with E-state index in [0.717, 1.165) is 19.4 Å². The summed E-state index contributed by atoms with van der Waals surface area (Å²) in [6.07, 6.45) is 1.86. The van der Waals surface area contributed by atoms with E-state index in [2.05, 4.69) is 15.4 Å². The average molecular weight is 430 g/mol. The standard InChI is InChI=1S/C18H20ClN3O3S.ClH/c19-13-8-9-17(22-26(24,25)15-6-2-1-3-7-15)16(11-13)18(23)21-14-5-4-10-20-12-14;/h1-3,6-9,11,14,20,22H,4-5,10,12H2,(H,21,23);1H/t14-;/m0./s1. The van der Waals surface area contributed by atoms with Gasteiger partial charge >= 0.3 is 0 Å². The topological polar surface area (TPSA) is 87.3 Å². The third kappa shape index (κ3) is 5.59. The summed E-state index contributed by atoms with van der Waals surface area (Å²) in [7, 11) is -3.80. The number of benzene rings is 2. The number of halogens is 2. The maximum Gasteiger partial charge on any atom is 0.261 e. The Morgan fingerprint density at radius 2 is 1.89 bits per heavy atom. The Morgan fingerprint density at radius 1 is 1.15 bits per heavy atom. The van der Waals surface area contributed by atoms with E-state index in [4.69, 9.17) is 11.6 Å². The monoisotopic (exact) mass is 429 g/mol. The van der Waals surface area contributed by atoms with Gasteiger partial charge in [-0.05, 0) is 49.7 Å². The molecule has 146 valence electrons. The second-order valence-corrected chi connectivity index (χ2v) is 8.24. The van der Waals surface area contributed by atoms with Gasteiger partial charge in [-0.25, -0.2) is 8.42 Å². The molecule has 3 rings (SSSR count). The van der Waals surface area contributed by atoms with Gasteiger partial charge in [0.1, 0.15) is 0 Å². The van der Waals surface area contributed by atoms with Gasteiger partial charge in [0.05, 0.1) is 16.1 Å². The molecule has 0 bridgehead atoms. The molecule has 2 aromatic rings. The number of sulfonamides is 1. The lowest BCUT2D eigenvalue weighted by Gasteiger charge is -2.24. The fraction of sp³-hybridized carbons (Fsp3) is 0.278. The van der Waals surface area contributed by atoms with Crippen LogP contribution in [0.25, 0.3) is 0 Å². The van der Waals surface area contributed by atoms with Crippen molar-refractivity contribution in [1.29, 1.82) is 0 Å². The number of anilines is 1. The van der Waals surface area contributed by atoms with E-state index in [1.807, 2.05) is 0 Å². The van der Waals surface area contributed by atoms with Gasteiger partial charge in [-0.1, -0.05) is 29.8 Å². The number of nitrogens with one attached hydrogen (secondary N) is 3. The first kappa shape index (κ1) is 21.5. The molecule has 1 atom stereocenters. The number of hydrogen-bond donors (Lipinski definition) is 3. The Morgan fingerprint density at radius 3 is 2.56 bits per heavy atom. The van der Waals surface area contributed by atoms with Crippen LogP contribution in [0.2, 0.25) is 5.02 Å². The van der Waals surface area contributed by atoms with Crippen molar-refractivity contribution >= 4 is 45.6 Å². The van der Waals surface area contributed by atoms with E-state index in [1.54, 1.807) is 24.3 Å². The molecule has 0 aromatic heterocycles. The molecule has 2 aromatic carbocycles. The van der Waals surface area contributed by atoms with Crippen molar-refractivity contribution in [3.05, 3.63) is 59.1 Å². The summed E-state index contributed by atoms with van der Waals surface area (Å²) < 4.78 is 27.6. The number of hydrogen-bond acceptors (Lipinski definition) is 4. The highest BCUT2D eigenvalue weighted by molar-refractivity contribution is 7.92. The minimum absolute atomic E-state index is 0. The smallest absolute Gasteiger partial charge is 0.261 e. The quantitative estimate of drug-likeness (QED) is 0.681. The molecule has 1 amide bonds. The van der Waals surface area contributed by atoms with Crippen LogP contribution in [0.3, 0.4) is 0 Å². The summed E-state index contributed by atoms with van der Waals surface area (Å²) in [5.74, 6) is -0.355. The lowest BCUT2D eigenvalue weighted by Crippen LogP contribution is -2.45. The van der Waals surface area contributed by atoms with Gasteiger partial charge in [0, 0.05) is 17.6 Å². The van der Waals surface area contributed by atoms with Crippen LogP contribution in [0.5, 0.6) is 0 Å². The zero-order valence-corrected chi connectivity index (χ0v) is 16.8. The van der Waals surface area contributed by atoms with Gasteiger partial charge in [-0.15, -0.1) is 12.4 Å². The highest BCUT2D eigenvalue weighted by Crippen LogP contribution is 2.24. The van der Waals surface area contributed by atoms with Crippen LogP contribution in [-0.2, 0) is 10.0 Å². The summed E-state index contributed by atoms with van der Waals surface area (Å²) in [4.78, 5) is 12.8. The number of amides is 1. The number of carbonyl (C=O) groups excluding carboxylic acids is 1. The second-order valence-electron chi connectivity index (χ2n) is 6.13. The molecule has 1 saturated heterocycles. The molecule has 0 aliphatic carbocycles. The van der Waals surface area contributed by atoms with Crippen molar-refractivity contribution in [2.45, 2.75) is 23.8 Å². The van der Waals surface area contributed by atoms with Crippen LogP contribution in [0.15, 0.2) is 53.4 Å². The van der Waals surface area contributed by atoms with E-state index in [-0.39, 0.29) is 40.5 Å². The average Bonchev–Trinajstić information content (AvgIpc) is 2.64. The number of rotatable bonds is 5. The fourth-order valence-electron chi connectivity index (χ4n) is 2.83. The molecule has 27 heavy (non-hydrogen) atoms. The minimum Gasteiger partial charge on any atom is -0.348 e. The molecular formula is C18H21Cl2N3O3S. The van der Waals surface area contributed by atoms with E-state index < -0.39 is 10.0 Å². The van der Waals surface area contributed by atoms with Crippen LogP contribution in [-0.4, -0.2) is 33.5 Å². The van der Waals surface area contributed by atoms with Crippen LogP contribution >= 0.6 is 24.0 Å². The van der Waals surface area contributed by atoms with E-state index in [9.17, 15) is 13.2 Å². The van der Waals surface area contributed by atoms with Crippen LogP contribution in [0.4, 0.5) is 5.69 Å². The second kappa shape index (κ2) is 9.41. The van der Waals surface area contributed by atoms with Crippen LogP contribution in [0, 0.1) is 0 Å².